The van der Waals surface area contributed by atoms with Crippen LogP contribution in [0.5, 0.6) is 11.5 Å². The number of hydrogen-bond donors (Lipinski definition) is 1. The van der Waals surface area contributed by atoms with Gasteiger partial charge < -0.3 is 9.47 Å². The Labute approximate surface area is 219 Å². The molecule has 0 fully saturated rings. The largest absolute Gasteiger partial charge is 0.493 e. The quantitative estimate of drug-likeness (QED) is 0.292. The summed E-state index contributed by atoms with van der Waals surface area (Å²) < 4.78 is 39.1. The van der Waals surface area contributed by atoms with Crippen LogP contribution >= 0.6 is 0 Å². The average Bonchev–Trinajstić information content (AvgIpc) is 2.88. The molecule has 3 aromatic rings. The van der Waals surface area contributed by atoms with E-state index in [9.17, 15) is 13.2 Å². The minimum Gasteiger partial charge on any atom is -0.493 e. The summed E-state index contributed by atoms with van der Waals surface area (Å²) in [6, 6.07) is 19.7. The Hall–Kier alpha value is -3.85. The highest BCUT2D eigenvalue weighted by Crippen LogP contribution is 2.32. The van der Waals surface area contributed by atoms with Crippen LogP contribution in [-0.4, -0.2) is 40.8 Å². The van der Waals surface area contributed by atoms with Gasteiger partial charge in [0, 0.05) is 11.8 Å². The molecule has 0 spiro atoms. The van der Waals surface area contributed by atoms with Crippen LogP contribution < -0.4 is 19.2 Å². The number of nitrogens with one attached hydrogen (secondary N) is 1. The van der Waals surface area contributed by atoms with Crippen molar-refractivity contribution >= 4 is 27.3 Å². The van der Waals surface area contributed by atoms with E-state index in [1.54, 1.807) is 12.1 Å². The first-order chi connectivity index (χ1) is 17.6. The molecule has 1 amide bonds. The smallest absolute Gasteiger partial charge is 0.264 e. The van der Waals surface area contributed by atoms with E-state index in [2.05, 4.69) is 10.5 Å². The monoisotopic (exact) mass is 523 g/mol. The fourth-order valence-corrected chi connectivity index (χ4v) is 5.28. The van der Waals surface area contributed by atoms with E-state index in [0.717, 1.165) is 27.6 Å². The van der Waals surface area contributed by atoms with E-state index in [1.807, 2.05) is 57.2 Å². The van der Waals surface area contributed by atoms with Crippen LogP contribution in [0.1, 0.15) is 30.0 Å². The minimum atomic E-state index is -4.14. The normalized spacial score (nSPS) is 11.6. The van der Waals surface area contributed by atoms with Crippen LogP contribution in [-0.2, 0) is 21.2 Å². The number of hydrogen-bond acceptors (Lipinski definition) is 6. The van der Waals surface area contributed by atoms with Crippen molar-refractivity contribution < 1.29 is 22.7 Å². The lowest BCUT2D eigenvalue weighted by atomic mass is 10.1. The first kappa shape index (κ1) is 27.7. The van der Waals surface area contributed by atoms with Crippen molar-refractivity contribution in [2.75, 3.05) is 25.1 Å². The zero-order valence-corrected chi connectivity index (χ0v) is 22.6. The Morgan fingerprint density at radius 2 is 1.57 bits per heavy atom. The fraction of sp³-hybridized carbons (Fsp3) is 0.286. The van der Waals surface area contributed by atoms with Gasteiger partial charge >= 0.3 is 0 Å². The summed E-state index contributed by atoms with van der Waals surface area (Å²) in [6.45, 7) is 5.12. The second-order valence-electron chi connectivity index (χ2n) is 8.74. The predicted octanol–water partition coefficient (Wildman–Crippen LogP) is 4.64. The van der Waals surface area contributed by atoms with Crippen LogP contribution in [0.25, 0.3) is 0 Å². The number of sulfonamides is 1. The summed E-state index contributed by atoms with van der Waals surface area (Å²) >= 11 is 0. The second-order valence-corrected chi connectivity index (χ2v) is 10.6. The van der Waals surface area contributed by atoms with Gasteiger partial charge in [0.2, 0.25) is 0 Å². The van der Waals surface area contributed by atoms with Gasteiger partial charge in [-0.25, -0.2) is 13.8 Å². The van der Waals surface area contributed by atoms with E-state index in [1.165, 1.54) is 38.0 Å². The average molecular weight is 524 g/mol. The number of carbonyl (C=O) groups is 1. The third kappa shape index (κ3) is 7.33. The van der Waals surface area contributed by atoms with Gasteiger partial charge in [-0.1, -0.05) is 36.4 Å². The van der Waals surface area contributed by atoms with Gasteiger partial charge in [0.25, 0.3) is 15.9 Å². The topological polar surface area (TPSA) is 97.3 Å². The number of anilines is 1. The number of carbonyl (C=O) groups excluding carboxylic acids is 1. The number of amides is 1. The highest BCUT2D eigenvalue weighted by Gasteiger charge is 2.28. The maximum Gasteiger partial charge on any atom is 0.264 e. The molecular weight excluding hydrogens is 490 g/mol. The Balaban J connectivity index is 1.86. The van der Waals surface area contributed by atoms with Gasteiger partial charge in [-0.2, -0.15) is 5.10 Å². The van der Waals surface area contributed by atoms with Crippen LogP contribution in [0, 0.1) is 13.8 Å². The van der Waals surface area contributed by atoms with Gasteiger partial charge in [0.15, 0.2) is 11.5 Å². The Morgan fingerprint density at radius 3 is 2.19 bits per heavy atom. The molecular formula is C28H33N3O5S. The van der Waals surface area contributed by atoms with Gasteiger partial charge in [-0.05, 0) is 74.6 Å². The van der Waals surface area contributed by atoms with Crippen molar-refractivity contribution in [2.45, 2.75) is 38.5 Å². The van der Waals surface area contributed by atoms with Crippen molar-refractivity contribution in [2.24, 2.45) is 5.10 Å². The maximum absolute atomic E-state index is 13.8. The zero-order chi connectivity index (χ0) is 27.0. The molecule has 0 atom stereocenters. The van der Waals surface area contributed by atoms with Crippen LogP contribution in [0.4, 0.5) is 5.69 Å². The lowest BCUT2D eigenvalue weighted by Gasteiger charge is -2.25. The number of aryl methyl sites for hydroxylation is 3. The summed E-state index contributed by atoms with van der Waals surface area (Å²) in [6.07, 6.45) is 1.45. The van der Waals surface area contributed by atoms with Crippen molar-refractivity contribution in [3.05, 3.63) is 83.4 Å². The predicted molar refractivity (Wildman–Crippen MR) is 146 cm³/mol. The van der Waals surface area contributed by atoms with Crippen molar-refractivity contribution in [1.29, 1.82) is 0 Å². The van der Waals surface area contributed by atoms with Gasteiger partial charge in [0.1, 0.15) is 6.54 Å². The zero-order valence-electron chi connectivity index (χ0n) is 21.8. The van der Waals surface area contributed by atoms with Gasteiger partial charge in [-0.15, -0.1) is 0 Å². The summed E-state index contributed by atoms with van der Waals surface area (Å²) in [5, 5.41) is 4.18. The summed E-state index contributed by atoms with van der Waals surface area (Å²) in [4.78, 5) is 12.9. The number of methoxy groups -OCH3 is 2. The van der Waals surface area contributed by atoms with Crippen LogP contribution in [0.2, 0.25) is 0 Å². The molecule has 9 heteroatoms. The number of benzene rings is 3. The molecule has 196 valence electrons. The minimum absolute atomic E-state index is 0.0281. The van der Waals surface area contributed by atoms with E-state index >= 15 is 0 Å². The van der Waals surface area contributed by atoms with Crippen molar-refractivity contribution in [3.8, 4) is 11.5 Å². The maximum atomic E-state index is 13.8. The molecule has 0 aliphatic heterocycles. The Bertz CT molecular complexity index is 1350. The molecule has 0 saturated carbocycles. The first-order valence-corrected chi connectivity index (χ1v) is 13.3. The van der Waals surface area contributed by atoms with E-state index in [4.69, 9.17) is 9.47 Å². The molecule has 0 bridgehead atoms. The molecule has 0 aliphatic rings. The number of ether oxygens (including phenoxy) is 2. The molecule has 0 heterocycles. The second kappa shape index (κ2) is 12.4. The first-order valence-electron chi connectivity index (χ1n) is 11.8. The molecule has 8 nitrogen and oxygen atoms in total. The molecule has 0 saturated heterocycles. The molecule has 37 heavy (non-hydrogen) atoms. The number of nitrogens with zero attached hydrogens (tertiary/aromatic N) is 2. The molecule has 1 N–H and O–H groups in total. The van der Waals surface area contributed by atoms with E-state index in [0.29, 0.717) is 17.9 Å². The molecule has 0 aliphatic carbocycles. The highest BCUT2D eigenvalue weighted by atomic mass is 32.2. The lowest BCUT2D eigenvalue weighted by molar-refractivity contribution is -0.119. The fourth-order valence-electron chi connectivity index (χ4n) is 3.86. The number of rotatable bonds is 11. The van der Waals surface area contributed by atoms with Crippen molar-refractivity contribution in [1.82, 2.24) is 5.43 Å². The summed E-state index contributed by atoms with van der Waals surface area (Å²) in [5.74, 6) is 0.117. The highest BCUT2D eigenvalue weighted by molar-refractivity contribution is 7.92. The summed E-state index contributed by atoms with van der Waals surface area (Å²) in [5.41, 5.74) is 6.54. The van der Waals surface area contributed by atoms with Gasteiger partial charge in [-0.3, -0.25) is 9.10 Å². The third-order valence-electron chi connectivity index (χ3n) is 5.71. The molecule has 0 unspecified atom stereocenters. The SMILES string of the molecule is COc1ccc(S(=O)(=O)N(CC(=O)N/N=C(/C)CCc2ccccc2)c2cc(C)cc(C)c2)cc1OC. The van der Waals surface area contributed by atoms with Crippen LogP contribution in [0.15, 0.2) is 76.7 Å². The Kier molecular flexibility index (Phi) is 9.30. The summed E-state index contributed by atoms with van der Waals surface area (Å²) in [7, 11) is -1.23. The lowest BCUT2D eigenvalue weighted by Crippen LogP contribution is -2.39. The molecule has 3 aromatic carbocycles. The Morgan fingerprint density at radius 1 is 0.919 bits per heavy atom. The number of hydrazone groups is 1. The van der Waals surface area contributed by atoms with Crippen LogP contribution in [0.3, 0.4) is 0 Å². The van der Waals surface area contributed by atoms with Crippen molar-refractivity contribution in [3.63, 3.8) is 0 Å². The van der Waals surface area contributed by atoms with E-state index < -0.39 is 22.5 Å². The molecule has 3 rings (SSSR count). The van der Waals surface area contributed by atoms with Gasteiger partial charge in [0.05, 0.1) is 24.8 Å². The molecule has 0 aromatic heterocycles. The van der Waals surface area contributed by atoms with E-state index in [-0.39, 0.29) is 10.6 Å². The third-order valence-corrected chi connectivity index (χ3v) is 7.48. The molecule has 0 radical (unpaired) electrons. The standard InChI is InChI=1S/C28H33N3O5S/c1-20-15-21(2)17-24(16-20)31(37(33,34)25-13-14-26(35-4)27(18-25)36-5)19-28(32)30-29-22(3)11-12-23-9-7-6-8-10-23/h6-10,13-18H,11-12,19H2,1-5H3,(H,30,32)/b29-22-.